The summed E-state index contributed by atoms with van der Waals surface area (Å²) in [6.07, 6.45) is 2.15. The van der Waals surface area contributed by atoms with E-state index in [0.717, 1.165) is 0 Å². The van der Waals surface area contributed by atoms with E-state index in [-0.39, 0.29) is 0 Å². The first kappa shape index (κ1) is 14.0. The summed E-state index contributed by atoms with van der Waals surface area (Å²) in [5.74, 6) is 0. The summed E-state index contributed by atoms with van der Waals surface area (Å²) in [4.78, 5) is 2.51. The van der Waals surface area contributed by atoms with Gasteiger partial charge >= 0.3 is 139 Å². The van der Waals surface area contributed by atoms with Crippen LogP contribution in [0.15, 0.2) is 60.8 Å². The van der Waals surface area contributed by atoms with Crippen LogP contribution in [0, 0.1) is 6.92 Å². The molecule has 0 spiro atoms. The SMILES string of the molecule is Cc1ccc2[c](c1-c1cccc[n+]1C)[Sb]([CH3])[c]1ccccc1-2. The Morgan fingerprint density at radius 3 is 2.45 bits per heavy atom. The first-order valence-electron chi connectivity index (χ1n) is 7.60. The molecule has 0 bridgehead atoms. The van der Waals surface area contributed by atoms with Gasteiger partial charge < -0.3 is 0 Å². The molecule has 4 rings (SSSR count). The minimum atomic E-state index is -1.62. The van der Waals surface area contributed by atoms with Gasteiger partial charge in [0.05, 0.1) is 0 Å². The molecule has 0 saturated carbocycles. The zero-order chi connectivity index (χ0) is 15.3. The van der Waals surface area contributed by atoms with E-state index >= 15 is 0 Å². The Kier molecular flexibility index (Phi) is 3.35. The molecule has 1 nitrogen and oxygen atoms in total. The number of hydrogen-bond acceptors (Lipinski definition) is 0. The molecule has 0 saturated heterocycles. The number of rotatable bonds is 1. The molecule has 0 N–H and O–H groups in total. The molecule has 2 heterocycles. The molecule has 1 aliphatic rings. The Bertz CT molecular complexity index is 883. The third-order valence-corrected chi connectivity index (χ3v) is 11.0. The summed E-state index contributed by atoms with van der Waals surface area (Å²) >= 11 is -1.62. The molecule has 1 aliphatic heterocycles. The molecule has 108 valence electrons. The van der Waals surface area contributed by atoms with Gasteiger partial charge in [0, 0.05) is 0 Å². The number of benzene rings is 2. The summed E-state index contributed by atoms with van der Waals surface area (Å²) in [6.45, 7) is 2.25. The van der Waals surface area contributed by atoms with Gasteiger partial charge in [-0.15, -0.1) is 0 Å². The van der Waals surface area contributed by atoms with Crippen molar-refractivity contribution in [1.82, 2.24) is 0 Å². The van der Waals surface area contributed by atoms with Gasteiger partial charge in [-0.25, -0.2) is 0 Å². The van der Waals surface area contributed by atoms with E-state index in [9.17, 15) is 0 Å². The van der Waals surface area contributed by atoms with Gasteiger partial charge in [-0.3, -0.25) is 0 Å². The molecular weight excluding hydrogens is 376 g/mol. The van der Waals surface area contributed by atoms with E-state index in [4.69, 9.17) is 0 Å². The molecule has 2 aromatic carbocycles. The third kappa shape index (κ3) is 1.96. The van der Waals surface area contributed by atoms with Crippen LogP contribution in [0.4, 0.5) is 0 Å². The number of aromatic nitrogens is 1. The topological polar surface area (TPSA) is 3.88 Å². The molecule has 0 unspecified atom stereocenters. The Balaban J connectivity index is 2.06. The summed E-state index contributed by atoms with van der Waals surface area (Å²) in [5, 5.41) is 0. The van der Waals surface area contributed by atoms with Crippen LogP contribution >= 0.6 is 0 Å². The van der Waals surface area contributed by atoms with Crippen molar-refractivity contribution in [2.75, 3.05) is 0 Å². The zero-order valence-electron chi connectivity index (χ0n) is 13.2. The molecule has 0 amide bonds. The van der Waals surface area contributed by atoms with Crippen LogP contribution in [0.3, 0.4) is 0 Å². The standard InChI is InChI=1S/C19H16N.CH3.Sb/c1-15-11-12-17(16-8-4-3-5-9-16)14-18(15)19-10-6-7-13-20(19)2;;/h3-8,10-13H,1-2H3;1H3;/q+1;;. The van der Waals surface area contributed by atoms with E-state index < -0.39 is 20.2 Å². The molecule has 0 fully saturated rings. The van der Waals surface area contributed by atoms with Crippen LogP contribution in [0.25, 0.3) is 22.4 Å². The number of fused-ring (bicyclic) bond motifs is 3. The van der Waals surface area contributed by atoms with Gasteiger partial charge in [-0.1, -0.05) is 0 Å². The van der Waals surface area contributed by atoms with Crippen molar-refractivity contribution in [2.45, 2.75) is 11.8 Å². The van der Waals surface area contributed by atoms with Crippen molar-refractivity contribution in [3.63, 3.8) is 0 Å². The zero-order valence-corrected chi connectivity index (χ0v) is 15.7. The van der Waals surface area contributed by atoms with Crippen LogP contribution in [0.1, 0.15) is 5.56 Å². The average molecular weight is 395 g/mol. The summed E-state index contributed by atoms with van der Waals surface area (Å²) in [7, 11) is 2.15. The minimum absolute atomic E-state index is 1.33. The fourth-order valence-corrected chi connectivity index (χ4v) is 10.0. The molecule has 22 heavy (non-hydrogen) atoms. The van der Waals surface area contributed by atoms with Gasteiger partial charge in [-0.2, -0.15) is 0 Å². The molecule has 0 aliphatic carbocycles. The Morgan fingerprint density at radius 1 is 0.864 bits per heavy atom. The van der Waals surface area contributed by atoms with Gasteiger partial charge in [0.15, 0.2) is 0 Å². The van der Waals surface area contributed by atoms with Crippen molar-refractivity contribution in [3.05, 3.63) is 66.4 Å². The van der Waals surface area contributed by atoms with Crippen LogP contribution in [0.2, 0.25) is 4.87 Å². The van der Waals surface area contributed by atoms with Gasteiger partial charge in [-0.05, 0) is 0 Å². The molecule has 0 radical (unpaired) electrons. The van der Waals surface area contributed by atoms with Crippen LogP contribution in [-0.4, -0.2) is 20.2 Å². The fourth-order valence-electron chi connectivity index (χ4n) is 3.48. The maximum absolute atomic E-state index is 2.51. The first-order valence-corrected chi connectivity index (χ1v) is 12.7. The van der Waals surface area contributed by atoms with Crippen LogP contribution in [-0.2, 0) is 7.05 Å². The Hall–Kier alpha value is -1.59. The van der Waals surface area contributed by atoms with Crippen LogP contribution in [0.5, 0.6) is 0 Å². The van der Waals surface area contributed by atoms with E-state index in [1.165, 1.54) is 27.9 Å². The Labute approximate surface area is 139 Å². The first-order chi connectivity index (χ1) is 10.7. The average Bonchev–Trinajstić information content (AvgIpc) is 2.82. The molecule has 2 heteroatoms. The molecule has 3 aromatic rings. The molecule has 1 aromatic heterocycles. The van der Waals surface area contributed by atoms with Gasteiger partial charge in [0.1, 0.15) is 0 Å². The summed E-state index contributed by atoms with van der Waals surface area (Å²) in [6, 6.07) is 20.1. The predicted molar refractivity (Wildman–Crippen MR) is 94.1 cm³/mol. The predicted octanol–water partition coefficient (Wildman–Crippen LogP) is 2.71. The van der Waals surface area contributed by atoms with E-state index in [2.05, 4.69) is 84.2 Å². The normalized spacial score (nSPS) is 13.0. The number of hydrogen-bond donors (Lipinski definition) is 0. The van der Waals surface area contributed by atoms with Crippen molar-refractivity contribution in [2.24, 2.45) is 7.05 Å². The van der Waals surface area contributed by atoms with Gasteiger partial charge in [0.2, 0.25) is 0 Å². The van der Waals surface area contributed by atoms with Crippen molar-refractivity contribution < 1.29 is 4.57 Å². The number of aryl methyl sites for hydroxylation is 2. The van der Waals surface area contributed by atoms with Crippen LogP contribution < -0.4 is 11.6 Å². The second-order valence-electron chi connectivity index (χ2n) is 5.93. The monoisotopic (exact) mass is 394 g/mol. The second kappa shape index (κ2) is 5.25. The van der Waals surface area contributed by atoms with Crippen molar-refractivity contribution in [1.29, 1.82) is 0 Å². The van der Waals surface area contributed by atoms with E-state index in [1.54, 1.807) is 7.02 Å². The quantitative estimate of drug-likeness (QED) is 0.441. The van der Waals surface area contributed by atoms with Crippen molar-refractivity contribution in [3.8, 4) is 22.4 Å². The second-order valence-corrected chi connectivity index (χ2v) is 11.8. The number of nitrogens with zero attached hydrogens (tertiary/aromatic N) is 1. The van der Waals surface area contributed by atoms with Crippen molar-refractivity contribution >= 4 is 27.2 Å². The summed E-state index contributed by atoms with van der Waals surface area (Å²) in [5.41, 5.74) is 7.15. The fraction of sp³-hybridized carbons (Fsp3) is 0.150. The molecule has 0 atom stereocenters. The van der Waals surface area contributed by atoms with Gasteiger partial charge in [0.25, 0.3) is 0 Å². The van der Waals surface area contributed by atoms with E-state index in [0.29, 0.717) is 0 Å². The third-order valence-electron chi connectivity index (χ3n) is 4.59. The van der Waals surface area contributed by atoms with E-state index in [1.807, 2.05) is 0 Å². The Morgan fingerprint density at radius 2 is 1.64 bits per heavy atom. The molecular formula is C20H19NSb+. The maximum atomic E-state index is 2.51. The summed E-state index contributed by atoms with van der Waals surface area (Å²) < 4.78 is 5.54. The number of pyridine rings is 1.